The maximum atomic E-state index is 13.8. The first-order valence-electron chi connectivity index (χ1n) is 7.09. The molecule has 0 aliphatic heterocycles. The van der Waals surface area contributed by atoms with E-state index in [-0.39, 0.29) is 12.3 Å². The summed E-state index contributed by atoms with van der Waals surface area (Å²) >= 11 is 0. The van der Waals surface area contributed by atoms with E-state index in [2.05, 4.69) is 13.8 Å². The Balaban J connectivity index is 2.23. The third kappa shape index (κ3) is 3.14. The lowest BCUT2D eigenvalue weighted by Crippen LogP contribution is -2.45. The summed E-state index contributed by atoms with van der Waals surface area (Å²) in [6, 6.07) is 3.61. The fraction of sp³-hybridized carbons (Fsp3) is 0.625. The van der Waals surface area contributed by atoms with E-state index >= 15 is 0 Å². The Morgan fingerprint density at radius 2 is 2.05 bits per heavy atom. The van der Waals surface area contributed by atoms with Crippen LogP contribution in [0.15, 0.2) is 18.2 Å². The lowest BCUT2D eigenvalue weighted by Gasteiger charge is -2.42. The fourth-order valence-corrected chi connectivity index (χ4v) is 3.42. The van der Waals surface area contributed by atoms with Crippen LogP contribution in [0.3, 0.4) is 0 Å². The van der Waals surface area contributed by atoms with E-state index in [0.29, 0.717) is 17.9 Å². The van der Waals surface area contributed by atoms with Crippen LogP contribution in [-0.4, -0.2) is 10.7 Å². The lowest BCUT2D eigenvalue weighted by molar-refractivity contribution is -0.0657. The molecule has 0 amide bonds. The minimum Gasteiger partial charge on any atom is -0.389 e. The second kappa shape index (κ2) is 5.58. The van der Waals surface area contributed by atoms with Gasteiger partial charge < -0.3 is 5.11 Å². The number of rotatable bonds is 3. The number of hydrogen-bond acceptors (Lipinski definition) is 1. The van der Waals surface area contributed by atoms with Crippen molar-refractivity contribution >= 4 is 0 Å². The topological polar surface area (TPSA) is 20.2 Å². The molecule has 1 aromatic carbocycles. The molecule has 1 fully saturated rings. The molecule has 0 heterocycles. The second-order valence-corrected chi connectivity index (χ2v) is 6.11. The molecular weight excluding hydrogens is 246 g/mol. The third-order valence-corrected chi connectivity index (χ3v) is 4.38. The maximum absolute atomic E-state index is 13.8. The van der Waals surface area contributed by atoms with Crippen LogP contribution in [0.4, 0.5) is 8.78 Å². The maximum Gasteiger partial charge on any atom is 0.129 e. The minimum absolute atomic E-state index is 0.186. The molecule has 2 atom stereocenters. The average Bonchev–Trinajstić information content (AvgIpc) is 2.33. The summed E-state index contributed by atoms with van der Waals surface area (Å²) in [5.74, 6) is -0.571. The van der Waals surface area contributed by atoms with Crippen LogP contribution in [0.5, 0.6) is 0 Å². The first-order valence-corrected chi connectivity index (χ1v) is 7.09. The molecule has 0 saturated heterocycles. The Bertz CT molecular complexity index is 444. The monoisotopic (exact) mass is 268 g/mol. The zero-order valence-electron chi connectivity index (χ0n) is 11.6. The van der Waals surface area contributed by atoms with Gasteiger partial charge in [0.15, 0.2) is 0 Å². The molecule has 2 unspecified atom stereocenters. The van der Waals surface area contributed by atoms with Gasteiger partial charge in [0.05, 0.1) is 5.60 Å². The van der Waals surface area contributed by atoms with E-state index in [4.69, 9.17) is 0 Å². The van der Waals surface area contributed by atoms with Gasteiger partial charge in [-0.25, -0.2) is 8.78 Å². The molecule has 1 aliphatic rings. The molecule has 1 nitrogen and oxygen atoms in total. The van der Waals surface area contributed by atoms with Crippen LogP contribution in [0.2, 0.25) is 0 Å². The Morgan fingerprint density at radius 3 is 2.68 bits per heavy atom. The number of halogens is 2. The van der Waals surface area contributed by atoms with Crippen molar-refractivity contribution in [3.8, 4) is 0 Å². The molecule has 1 saturated carbocycles. The SMILES string of the molecule is CC(C)C1CCCCC1(O)Cc1ccc(F)cc1F. The van der Waals surface area contributed by atoms with Crippen molar-refractivity contribution in [3.63, 3.8) is 0 Å². The Kier molecular flexibility index (Phi) is 4.24. The van der Waals surface area contributed by atoms with Gasteiger partial charge in [0.2, 0.25) is 0 Å². The molecule has 3 heteroatoms. The van der Waals surface area contributed by atoms with Crippen LogP contribution in [0.1, 0.15) is 45.1 Å². The Hall–Kier alpha value is -0.960. The number of aliphatic hydroxyl groups is 1. The molecular formula is C16H22F2O. The van der Waals surface area contributed by atoms with Crippen molar-refractivity contribution in [3.05, 3.63) is 35.4 Å². The first kappa shape index (κ1) is 14.4. The van der Waals surface area contributed by atoms with Crippen LogP contribution in [-0.2, 0) is 6.42 Å². The molecule has 1 N–H and O–H groups in total. The highest BCUT2D eigenvalue weighted by Gasteiger charge is 2.40. The molecule has 1 aliphatic carbocycles. The number of hydrogen-bond donors (Lipinski definition) is 1. The number of benzene rings is 1. The van der Waals surface area contributed by atoms with Crippen LogP contribution >= 0.6 is 0 Å². The smallest absolute Gasteiger partial charge is 0.129 e. The molecule has 1 aromatic rings. The molecule has 0 bridgehead atoms. The van der Waals surface area contributed by atoms with E-state index in [0.717, 1.165) is 25.3 Å². The molecule has 2 rings (SSSR count). The summed E-state index contributed by atoms with van der Waals surface area (Å²) in [5.41, 5.74) is -0.443. The van der Waals surface area contributed by atoms with E-state index in [1.807, 2.05) is 0 Å². The normalized spacial score (nSPS) is 27.8. The van der Waals surface area contributed by atoms with E-state index < -0.39 is 17.2 Å². The van der Waals surface area contributed by atoms with Crippen molar-refractivity contribution in [2.45, 2.75) is 51.6 Å². The van der Waals surface area contributed by atoms with Crippen molar-refractivity contribution in [1.29, 1.82) is 0 Å². The van der Waals surface area contributed by atoms with Crippen LogP contribution in [0.25, 0.3) is 0 Å². The molecule has 106 valence electrons. The summed E-state index contributed by atoms with van der Waals surface area (Å²) in [5, 5.41) is 10.9. The highest BCUT2D eigenvalue weighted by Crippen LogP contribution is 2.40. The summed E-state index contributed by atoms with van der Waals surface area (Å²) in [6.07, 6.45) is 4.06. The predicted molar refractivity (Wildman–Crippen MR) is 71.8 cm³/mol. The van der Waals surface area contributed by atoms with E-state index in [9.17, 15) is 13.9 Å². The fourth-order valence-electron chi connectivity index (χ4n) is 3.42. The van der Waals surface area contributed by atoms with Crippen LogP contribution < -0.4 is 0 Å². The summed E-state index contributed by atoms with van der Waals surface area (Å²) in [7, 11) is 0. The minimum atomic E-state index is -0.856. The van der Waals surface area contributed by atoms with Gasteiger partial charge in [0, 0.05) is 12.5 Å². The first-order chi connectivity index (χ1) is 8.92. The molecule has 0 spiro atoms. The molecule has 0 radical (unpaired) electrons. The standard InChI is InChI=1S/C16H22F2O/c1-11(2)14-5-3-4-8-16(14,19)10-12-6-7-13(17)9-15(12)18/h6-7,9,11,14,19H,3-5,8,10H2,1-2H3. The average molecular weight is 268 g/mol. The summed E-state index contributed by atoms with van der Waals surface area (Å²) in [4.78, 5) is 0. The highest BCUT2D eigenvalue weighted by molar-refractivity contribution is 5.21. The molecule has 0 aromatic heterocycles. The quantitative estimate of drug-likeness (QED) is 0.875. The van der Waals surface area contributed by atoms with Gasteiger partial charge in [-0.2, -0.15) is 0 Å². The highest BCUT2D eigenvalue weighted by atomic mass is 19.1. The lowest BCUT2D eigenvalue weighted by atomic mass is 9.68. The van der Waals surface area contributed by atoms with Gasteiger partial charge in [0.1, 0.15) is 11.6 Å². The zero-order valence-corrected chi connectivity index (χ0v) is 11.6. The van der Waals surface area contributed by atoms with Crippen molar-refractivity contribution in [1.82, 2.24) is 0 Å². The van der Waals surface area contributed by atoms with Gasteiger partial charge in [-0.3, -0.25) is 0 Å². The zero-order chi connectivity index (χ0) is 14.0. The van der Waals surface area contributed by atoms with Gasteiger partial charge in [-0.05, 0) is 36.3 Å². The largest absolute Gasteiger partial charge is 0.389 e. The van der Waals surface area contributed by atoms with E-state index in [1.165, 1.54) is 12.1 Å². The van der Waals surface area contributed by atoms with Crippen molar-refractivity contribution in [2.75, 3.05) is 0 Å². The van der Waals surface area contributed by atoms with Crippen molar-refractivity contribution in [2.24, 2.45) is 11.8 Å². The van der Waals surface area contributed by atoms with E-state index in [1.54, 1.807) is 0 Å². The van der Waals surface area contributed by atoms with Gasteiger partial charge in [-0.1, -0.05) is 32.8 Å². The Labute approximate surface area is 113 Å². The van der Waals surface area contributed by atoms with Crippen molar-refractivity contribution < 1.29 is 13.9 Å². The second-order valence-electron chi connectivity index (χ2n) is 6.11. The third-order valence-electron chi connectivity index (χ3n) is 4.38. The van der Waals surface area contributed by atoms with Crippen LogP contribution in [0, 0.1) is 23.5 Å². The van der Waals surface area contributed by atoms with Gasteiger partial charge in [0.25, 0.3) is 0 Å². The predicted octanol–water partition coefficient (Wildman–Crippen LogP) is 4.08. The van der Waals surface area contributed by atoms with Gasteiger partial charge in [-0.15, -0.1) is 0 Å². The van der Waals surface area contributed by atoms with Gasteiger partial charge >= 0.3 is 0 Å². The summed E-state index contributed by atoms with van der Waals surface area (Å²) < 4.78 is 26.7. The molecule has 19 heavy (non-hydrogen) atoms. The Morgan fingerprint density at radius 1 is 1.32 bits per heavy atom. The summed E-state index contributed by atoms with van der Waals surface area (Å²) in [6.45, 7) is 4.20.